The van der Waals surface area contributed by atoms with E-state index in [2.05, 4.69) is 49.8 Å². The Morgan fingerprint density at radius 1 is 1.32 bits per heavy atom. The van der Waals surface area contributed by atoms with Crippen molar-refractivity contribution in [2.45, 2.75) is 58.8 Å². The maximum Gasteiger partial charge on any atom is 0.228 e. The van der Waals surface area contributed by atoms with Crippen LogP contribution in [0.3, 0.4) is 0 Å². The van der Waals surface area contributed by atoms with Crippen LogP contribution in [0.15, 0.2) is 23.5 Å². The Bertz CT molecular complexity index is 659. The minimum atomic E-state index is 0.0229. The van der Waals surface area contributed by atoms with Gasteiger partial charge >= 0.3 is 0 Å². The van der Waals surface area contributed by atoms with Gasteiger partial charge in [-0.25, -0.2) is 4.98 Å². The highest BCUT2D eigenvalue weighted by molar-refractivity contribution is 5.45. The highest BCUT2D eigenvalue weighted by Crippen LogP contribution is 2.42. The first-order valence-corrected chi connectivity index (χ1v) is 8.10. The third kappa shape index (κ3) is 2.74. The molecule has 0 saturated carbocycles. The normalized spacial score (nSPS) is 23.4. The third-order valence-corrected chi connectivity index (χ3v) is 4.69. The van der Waals surface area contributed by atoms with Gasteiger partial charge in [0.15, 0.2) is 0 Å². The van der Waals surface area contributed by atoms with E-state index in [0.29, 0.717) is 17.7 Å². The summed E-state index contributed by atoms with van der Waals surface area (Å²) in [6.07, 6.45) is 8.67. The lowest BCUT2D eigenvalue weighted by atomic mass is 9.75. The summed E-state index contributed by atoms with van der Waals surface area (Å²) >= 11 is 0. The molecule has 1 aromatic heterocycles. The summed E-state index contributed by atoms with van der Waals surface area (Å²) in [7, 11) is 0. The highest BCUT2D eigenvalue weighted by Gasteiger charge is 2.33. The highest BCUT2D eigenvalue weighted by atomic mass is 16.5. The van der Waals surface area contributed by atoms with Gasteiger partial charge in [-0.2, -0.15) is 4.98 Å². The third-order valence-electron chi connectivity index (χ3n) is 4.69. The van der Waals surface area contributed by atoms with Gasteiger partial charge in [-0.3, -0.25) is 0 Å². The lowest BCUT2D eigenvalue weighted by molar-refractivity contribution is 0.360. The van der Waals surface area contributed by atoms with Crippen LogP contribution in [0.2, 0.25) is 0 Å². The van der Waals surface area contributed by atoms with Crippen LogP contribution < -0.4 is 10.5 Å². The van der Waals surface area contributed by atoms with Crippen molar-refractivity contribution in [1.82, 2.24) is 9.97 Å². The minimum Gasteiger partial charge on any atom is -0.439 e. The monoisotopic (exact) mass is 299 g/mol. The molecule has 0 spiro atoms. The van der Waals surface area contributed by atoms with E-state index in [1.54, 1.807) is 0 Å². The Balaban J connectivity index is 2.04. The molecule has 0 fully saturated rings. The maximum absolute atomic E-state index is 6.21. The lowest BCUT2D eigenvalue weighted by Gasteiger charge is -2.33. The molecule has 2 N–H and O–H groups in total. The Hall–Kier alpha value is -1.84. The first-order chi connectivity index (χ1) is 10.4. The number of aryl methyl sites for hydroxylation is 1. The number of nitrogen functional groups attached to an aromatic ring is 1. The summed E-state index contributed by atoms with van der Waals surface area (Å²) in [5.41, 5.74) is 9.26. The van der Waals surface area contributed by atoms with Crippen molar-refractivity contribution in [3.05, 3.63) is 34.7 Å². The number of hydrogen-bond acceptors (Lipinski definition) is 4. The summed E-state index contributed by atoms with van der Waals surface area (Å²) in [5.74, 6) is 2.33. The Labute approximate surface area is 132 Å². The van der Waals surface area contributed by atoms with Gasteiger partial charge in [0.2, 0.25) is 11.8 Å². The molecule has 0 saturated heterocycles. The van der Waals surface area contributed by atoms with Crippen LogP contribution in [0.4, 0.5) is 5.95 Å². The van der Waals surface area contributed by atoms with Crippen LogP contribution in [-0.2, 0) is 11.8 Å². The number of nitrogens with two attached hydrogens (primary N) is 1. The van der Waals surface area contributed by atoms with Crippen molar-refractivity contribution < 1.29 is 4.74 Å². The smallest absolute Gasteiger partial charge is 0.228 e. The minimum absolute atomic E-state index is 0.0229. The summed E-state index contributed by atoms with van der Waals surface area (Å²) in [6.45, 7) is 8.75. The fourth-order valence-corrected chi connectivity index (χ4v) is 3.40. The van der Waals surface area contributed by atoms with E-state index in [1.807, 2.05) is 0 Å². The molecular weight excluding hydrogens is 274 g/mol. The largest absolute Gasteiger partial charge is 0.439 e. The van der Waals surface area contributed by atoms with Gasteiger partial charge in [-0.15, -0.1) is 0 Å². The molecule has 2 aliphatic carbocycles. The molecule has 1 heterocycles. The van der Waals surface area contributed by atoms with E-state index in [1.165, 1.54) is 0 Å². The fourth-order valence-electron chi connectivity index (χ4n) is 3.40. The summed E-state index contributed by atoms with van der Waals surface area (Å²) in [4.78, 5) is 8.86. The average molecular weight is 299 g/mol. The molecule has 0 radical (unpaired) electrons. The van der Waals surface area contributed by atoms with Crippen LogP contribution in [0.1, 0.15) is 58.2 Å². The molecule has 22 heavy (non-hydrogen) atoms. The molecule has 1 aromatic rings. The average Bonchev–Trinajstić information content (AvgIpc) is 2.41. The van der Waals surface area contributed by atoms with Gasteiger partial charge in [0, 0.05) is 5.56 Å². The summed E-state index contributed by atoms with van der Waals surface area (Å²) in [6, 6.07) is 0. The van der Waals surface area contributed by atoms with Crippen LogP contribution in [0.5, 0.6) is 5.88 Å². The van der Waals surface area contributed by atoms with Crippen molar-refractivity contribution >= 4 is 5.95 Å². The van der Waals surface area contributed by atoms with E-state index < -0.39 is 0 Å². The van der Waals surface area contributed by atoms with Crippen LogP contribution in [-0.4, -0.2) is 9.97 Å². The molecule has 0 unspecified atom stereocenters. The number of allylic oxidation sites excluding steroid dienone is 3. The molecule has 0 amide bonds. The standard InChI is InChI=1S/C18H25N3O/c1-11-7-8-12(2)14(10-11)22-16-15-13(20-17(19)21-16)6-5-9-18(15,3)4/h8,10-11H,5-7,9H2,1-4H3,(H2,19,20,21)/t11-/m0/s1. The Kier molecular flexibility index (Phi) is 3.71. The van der Waals surface area contributed by atoms with Crippen molar-refractivity contribution in [2.24, 2.45) is 5.92 Å². The number of ether oxygens (including phenoxy) is 1. The molecule has 0 aromatic carbocycles. The topological polar surface area (TPSA) is 61.0 Å². The second-order valence-corrected chi connectivity index (χ2v) is 7.18. The quantitative estimate of drug-likeness (QED) is 0.899. The zero-order valence-electron chi connectivity index (χ0n) is 13.9. The van der Waals surface area contributed by atoms with Gasteiger partial charge in [0.25, 0.3) is 0 Å². The van der Waals surface area contributed by atoms with Crippen molar-refractivity contribution in [3.8, 4) is 5.88 Å². The zero-order valence-corrected chi connectivity index (χ0v) is 13.9. The molecule has 3 rings (SSSR count). The van der Waals surface area contributed by atoms with Crippen molar-refractivity contribution in [1.29, 1.82) is 0 Å². The first kappa shape index (κ1) is 15.1. The number of fused-ring (bicyclic) bond motifs is 1. The molecule has 4 heteroatoms. The molecule has 0 aliphatic heterocycles. The van der Waals surface area contributed by atoms with E-state index in [-0.39, 0.29) is 5.41 Å². The maximum atomic E-state index is 6.21. The Morgan fingerprint density at radius 2 is 2.09 bits per heavy atom. The van der Waals surface area contributed by atoms with Gasteiger partial charge in [0.05, 0.1) is 5.69 Å². The summed E-state index contributed by atoms with van der Waals surface area (Å²) in [5, 5.41) is 0. The molecule has 0 bridgehead atoms. The first-order valence-electron chi connectivity index (χ1n) is 8.10. The fraction of sp³-hybridized carbons (Fsp3) is 0.556. The predicted molar refractivity (Wildman–Crippen MR) is 88.7 cm³/mol. The van der Waals surface area contributed by atoms with Crippen LogP contribution >= 0.6 is 0 Å². The van der Waals surface area contributed by atoms with Gasteiger partial charge < -0.3 is 10.5 Å². The molecule has 2 aliphatic rings. The van der Waals surface area contributed by atoms with E-state index in [4.69, 9.17) is 10.5 Å². The van der Waals surface area contributed by atoms with Gasteiger partial charge in [-0.1, -0.05) is 26.8 Å². The second-order valence-electron chi connectivity index (χ2n) is 7.18. The Morgan fingerprint density at radius 3 is 2.86 bits per heavy atom. The molecule has 1 atom stereocenters. The van der Waals surface area contributed by atoms with Crippen molar-refractivity contribution in [3.63, 3.8) is 0 Å². The number of nitrogens with zero attached hydrogens (tertiary/aromatic N) is 2. The zero-order chi connectivity index (χ0) is 15.9. The predicted octanol–water partition coefficient (Wildman–Crippen LogP) is 3.92. The molecule has 118 valence electrons. The van der Waals surface area contributed by atoms with Crippen LogP contribution in [0.25, 0.3) is 0 Å². The summed E-state index contributed by atoms with van der Waals surface area (Å²) < 4.78 is 6.21. The number of aromatic nitrogens is 2. The van der Waals surface area contributed by atoms with Crippen molar-refractivity contribution in [2.75, 3.05) is 5.73 Å². The molecule has 4 nitrogen and oxygen atoms in total. The van der Waals surface area contributed by atoms with Crippen LogP contribution in [0, 0.1) is 5.92 Å². The molecular formula is C18H25N3O. The number of hydrogen-bond donors (Lipinski definition) is 1. The lowest BCUT2D eigenvalue weighted by Crippen LogP contribution is -2.27. The van der Waals surface area contributed by atoms with E-state index >= 15 is 0 Å². The van der Waals surface area contributed by atoms with E-state index in [0.717, 1.165) is 48.3 Å². The van der Waals surface area contributed by atoms with E-state index in [9.17, 15) is 0 Å². The SMILES string of the molecule is CC1=CC[C@H](C)C=C1Oc1nc(N)nc2c1C(C)(C)CCC2. The number of rotatable bonds is 2. The van der Waals surface area contributed by atoms with Gasteiger partial charge in [0.1, 0.15) is 5.76 Å². The van der Waals surface area contributed by atoms with Gasteiger partial charge in [-0.05, 0) is 55.6 Å². The second kappa shape index (κ2) is 5.41. The number of anilines is 1.